The Kier molecular flexibility index (Phi) is 6.07. The van der Waals surface area contributed by atoms with Crippen LogP contribution >= 0.6 is 0 Å². The van der Waals surface area contributed by atoms with E-state index >= 15 is 0 Å². The highest BCUT2D eigenvalue weighted by atomic mass is 16.7. The largest absolute Gasteiger partial charge is 0.492 e. The van der Waals surface area contributed by atoms with Crippen molar-refractivity contribution in [3.05, 3.63) is 35.1 Å². The number of rotatable bonds is 4. The second-order valence-corrected chi connectivity index (χ2v) is 8.96. The van der Waals surface area contributed by atoms with Crippen LogP contribution in [0.3, 0.4) is 0 Å². The van der Waals surface area contributed by atoms with E-state index in [1.807, 2.05) is 67.5 Å². The summed E-state index contributed by atoms with van der Waals surface area (Å²) in [5.41, 5.74) is 1.29. The Hall–Kier alpha value is -1.86. The minimum atomic E-state index is -0.564. The lowest BCUT2D eigenvalue weighted by Gasteiger charge is -2.32. The van der Waals surface area contributed by atoms with Crippen molar-refractivity contribution < 1.29 is 18.8 Å². The first-order chi connectivity index (χ1) is 12.3. The van der Waals surface area contributed by atoms with Gasteiger partial charge in [0.15, 0.2) is 0 Å². The van der Waals surface area contributed by atoms with Crippen LogP contribution < -0.4 is 5.32 Å². The molecule has 1 aliphatic heterocycles. The maximum Gasteiger partial charge on any atom is 0.492 e. The van der Waals surface area contributed by atoms with E-state index in [1.165, 1.54) is 0 Å². The molecule has 2 heterocycles. The summed E-state index contributed by atoms with van der Waals surface area (Å²) in [5.74, 6) is 0. The van der Waals surface area contributed by atoms with Gasteiger partial charge in [0.1, 0.15) is 5.60 Å². The van der Waals surface area contributed by atoms with Crippen LogP contribution in [0.25, 0.3) is 6.08 Å². The highest BCUT2D eigenvalue weighted by Crippen LogP contribution is 2.38. The molecule has 0 unspecified atom stereocenters. The Bertz CT molecular complexity index is 707. The summed E-state index contributed by atoms with van der Waals surface area (Å²) < 4.78 is 17.6. The van der Waals surface area contributed by atoms with Gasteiger partial charge in [-0.2, -0.15) is 0 Å². The van der Waals surface area contributed by atoms with Gasteiger partial charge >= 0.3 is 13.2 Å². The third-order valence-corrected chi connectivity index (χ3v) is 4.64. The van der Waals surface area contributed by atoms with Gasteiger partial charge in [-0.15, -0.1) is 0 Å². The summed E-state index contributed by atoms with van der Waals surface area (Å²) in [6.07, 6.45) is 5.03. The van der Waals surface area contributed by atoms with Gasteiger partial charge in [-0.05, 0) is 78.1 Å². The van der Waals surface area contributed by atoms with Crippen molar-refractivity contribution in [2.45, 2.75) is 72.2 Å². The molecule has 7 heteroatoms. The van der Waals surface area contributed by atoms with Gasteiger partial charge < -0.3 is 19.4 Å². The Labute approximate surface area is 162 Å². The minimum Gasteiger partial charge on any atom is -0.444 e. The van der Waals surface area contributed by atoms with E-state index in [1.54, 1.807) is 12.4 Å². The molecule has 1 aromatic heterocycles. The fourth-order valence-electron chi connectivity index (χ4n) is 2.56. The second kappa shape index (κ2) is 7.64. The number of ether oxygens (including phenoxy) is 1. The number of aryl methyl sites for hydroxylation is 1. The number of aromatic nitrogens is 1. The average molecular weight is 374 g/mol. The standard InChI is InChI=1S/C20H31BN2O4/c1-14-9-15(12-22-11-14)10-16(13-23-17(24)25-18(2,3)4)21-26-19(5,6)20(7,8)27-21/h9-12H,13H2,1-8H3,(H,23,24). The highest BCUT2D eigenvalue weighted by molar-refractivity contribution is 6.56. The lowest BCUT2D eigenvalue weighted by Crippen LogP contribution is -2.41. The first-order valence-electron chi connectivity index (χ1n) is 9.24. The Morgan fingerprint density at radius 3 is 2.33 bits per heavy atom. The molecule has 1 fully saturated rings. The predicted molar refractivity (Wildman–Crippen MR) is 107 cm³/mol. The lowest BCUT2D eigenvalue weighted by atomic mass is 9.77. The van der Waals surface area contributed by atoms with E-state index in [4.69, 9.17) is 14.0 Å². The van der Waals surface area contributed by atoms with Crippen LogP contribution in [0.2, 0.25) is 0 Å². The molecule has 148 valence electrons. The van der Waals surface area contributed by atoms with Gasteiger partial charge in [0, 0.05) is 18.9 Å². The molecule has 0 aromatic carbocycles. The van der Waals surface area contributed by atoms with Crippen LogP contribution in [0.1, 0.15) is 59.6 Å². The Morgan fingerprint density at radius 1 is 1.22 bits per heavy atom. The molecule has 1 amide bonds. The molecular formula is C20H31BN2O4. The van der Waals surface area contributed by atoms with Gasteiger partial charge in [-0.3, -0.25) is 4.98 Å². The maximum absolute atomic E-state index is 12.1. The maximum atomic E-state index is 12.1. The van der Waals surface area contributed by atoms with E-state index in [2.05, 4.69) is 10.3 Å². The van der Waals surface area contributed by atoms with E-state index in [9.17, 15) is 4.79 Å². The zero-order valence-corrected chi connectivity index (χ0v) is 17.7. The molecule has 1 N–H and O–H groups in total. The molecule has 1 aliphatic rings. The number of hydrogen-bond donors (Lipinski definition) is 1. The fraction of sp³-hybridized carbons (Fsp3) is 0.600. The summed E-state index contributed by atoms with van der Waals surface area (Å²) >= 11 is 0. The second-order valence-electron chi connectivity index (χ2n) is 8.96. The van der Waals surface area contributed by atoms with Crippen LogP contribution in [0.5, 0.6) is 0 Å². The molecule has 0 saturated carbocycles. The molecule has 0 spiro atoms. The van der Waals surface area contributed by atoms with Crippen LogP contribution in [-0.2, 0) is 14.0 Å². The number of nitrogens with one attached hydrogen (secondary N) is 1. The van der Waals surface area contributed by atoms with Gasteiger partial charge in [0.2, 0.25) is 0 Å². The summed E-state index contributed by atoms with van der Waals surface area (Å²) in [6.45, 7) is 15.7. The van der Waals surface area contributed by atoms with Gasteiger partial charge in [0.05, 0.1) is 11.2 Å². The molecule has 0 atom stereocenters. The average Bonchev–Trinajstić information content (AvgIpc) is 2.70. The fourth-order valence-corrected chi connectivity index (χ4v) is 2.56. The molecule has 27 heavy (non-hydrogen) atoms. The number of alkyl carbamates (subject to hydrolysis) is 1. The summed E-state index contributed by atoms with van der Waals surface area (Å²) in [7, 11) is -0.564. The zero-order chi connectivity index (χ0) is 20.5. The van der Waals surface area contributed by atoms with Gasteiger partial charge in [0.25, 0.3) is 0 Å². The lowest BCUT2D eigenvalue weighted by molar-refractivity contribution is 0.00578. The number of hydrogen-bond acceptors (Lipinski definition) is 5. The van der Waals surface area contributed by atoms with Crippen LogP contribution in [0, 0.1) is 6.92 Å². The quantitative estimate of drug-likeness (QED) is 0.809. The zero-order valence-electron chi connectivity index (χ0n) is 17.7. The molecule has 1 aromatic rings. The summed E-state index contributed by atoms with van der Waals surface area (Å²) in [4.78, 5) is 16.3. The number of carbonyl (C=O) groups excluding carboxylic acids is 1. The van der Waals surface area contributed by atoms with Crippen molar-refractivity contribution in [1.29, 1.82) is 0 Å². The van der Waals surface area contributed by atoms with Crippen molar-refractivity contribution in [1.82, 2.24) is 10.3 Å². The third-order valence-electron chi connectivity index (χ3n) is 4.64. The molecule has 0 aliphatic carbocycles. The molecular weight excluding hydrogens is 343 g/mol. The number of carbonyl (C=O) groups is 1. The number of pyridine rings is 1. The Morgan fingerprint density at radius 2 is 1.81 bits per heavy atom. The number of nitrogens with zero attached hydrogens (tertiary/aromatic N) is 1. The van der Waals surface area contributed by atoms with Crippen molar-refractivity contribution >= 4 is 19.3 Å². The SMILES string of the molecule is Cc1cncc(C=C(CNC(=O)OC(C)(C)C)B2OC(C)(C)C(C)(C)O2)c1. The molecule has 1 saturated heterocycles. The van der Waals surface area contributed by atoms with Crippen LogP contribution in [-0.4, -0.2) is 41.5 Å². The van der Waals surface area contributed by atoms with Gasteiger partial charge in [-0.25, -0.2) is 4.79 Å². The van der Waals surface area contributed by atoms with Gasteiger partial charge in [-0.1, -0.05) is 6.08 Å². The highest BCUT2D eigenvalue weighted by Gasteiger charge is 2.52. The monoisotopic (exact) mass is 374 g/mol. The third kappa shape index (κ3) is 5.81. The summed E-state index contributed by atoms with van der Waals surface area (Å²) in [6, 6.07) is 2.02. The van der Waals surface area contributed by atoms with Crippen LogP contribution in [0.15, 0.2) is 23.9 Å². The van der Waals surface area contributed by atoms with E-state index in [0.717, 1.165) is 16.6 Å². The van der Waals surface area contributed by atoms with Crippen molar-refractivity contribution in [3.63, 3.8) is 0 Å². The molecule has 0 radical (unpaired) electrons. The first-order valence-corrected chi connectivity index (χ1v) is 9.24. The number of amides is 1. The van der Waals surface area contributed by atoms with Crippen molar-refractivity contribution in [3.8, 4) is 0 Å². The van der Waals surface area contributed by atoms with Crippen molar-refractivity contribution in [2.75, 3.05) is 6.54 Å². The van der Waals surface area contributed by atoms with E-state index in [-0.39, 0.29) is 6.54 Å². The molecule has 6 nitrogen and oxygen atoms in total. The normalized spacial score (nSPS) is 19.1. The van der Waals surface area contributed by atoms with E-state index < -0.39 is 30.0 Å². The molecule has 0 bridgehead atoms. The predicted octanol–water partition coefficient (Wildman–Crippen LogP) is 3.93. The summed E-state index contributed by atoms with van der Waals surface area (Å²) in [5, 5.41) is 2.80. The Balaban J connectivity index is 2.23. The topological polar surface area (TPSA) is 69.7 Å². The van der Waals surface area contributed by atoms with Crippen LogP contribution in [0.4, 0.5) is 4.79 Å². The smallest absolute Gasteiger partial charge is 0.444 e. The van der Waals surface area contributed by atoms with E-state index in [0.29, 0.717) is 0 Å². The first kappa shape index (κ1) is 21.4. The molecule has 2 rings (SSSR count). The van der Waals surface area contributed by atoms with Crippen molar-refractivity contribution in [2.24, 2.45) is 0 Å². The minimum absolute atomic E-state index is 0.250.